The molecule has 4 N–H and O–H groups in total. The molecule has 0 bridgehead atoms. The zero-order valence-corrected chi connectivity index (χ0v) is 37.9. The highest BCUT2D eigenvalue weighted by Gasteiger charge is 2.44. The van der Waals surface area contributed by atoms with Gasteiger partial charge in [0.05, 0.1) is 55.4 Å². The zero-order valence-electron chi connectivity index (χ0n) is 36.4. The van der Waals surface area contributed by atoms with Crippen molar-refractivity contribution >= 4 is 46.9 Å². The summed E-state index contributed by atoms with van der Waals surface area (Å²) in [5.41, 5.74) is 2.16. The van der Waals surface area contributed by atoms with Crippen molar-refractivity contribution in [3.8, 4) is 22.8 Å². The van der Waals surface area contributed by atoms with Gasteiger partial charge in [0.2, 0.25) is 17.7 Å². The molecule has 4 aromatic rings. The minimum atomic E-state index is -4.78. The second-order valence-electron chi connectivity index (χ2n) is 16.8. The monoisotopic (exact) mass is 943 g/mol. The Morgan fingerprint density at radius 1 is 0.954 bits per heavy atom. The molecule has 2 saturated heterocycles. The molecule has 350 valence electrons. The number of nitrogens with one attached hydrogen (secondary N) is 3. The van der Waals surface area contributed by atoms with E-state index in [1.807, 2.05) is 37.5 Å². The molecular weight excluding hydrogens is 890 g/mol. The highest BCUT2D eigenvalue weighted by Crippen LogP contribution is 2.33. The third-order valence-corrected chi connectivity index (χ3v) is 12.2. The maximum Gasteiger partial charge on any atom is 0.389 e. The number of halogens is 5. The quantitative estimate of drug-likeness (QED) is 0.0744. The summed E-state index contributed by atoms with van der Waals surface area (Å²) < 4.78 is 54.2. The maximum absolute atomic E-state index is 14.1. The molecule has 0 aliphatic carbocycles. The van der Waals surface area contributed by atoms with Gasteiger partial charge in [-0.25, -0.2) is 4.98 Å². The van der Waals surface area contributed by atoms with Crippen LogP contribution in [0.4, 0.5) is 13.2 Å². The number of carbonyl (C=O) groups is 4. The Kier molecular flexibility index (Phi) is 16.6. The Morgan fingerprint density at radius 3 is 2.31 bits per heavy atom. The molecule has 0 saturated carbocycles. The Labute approximate surface area is 385 Å². The summed E-state index contributed by atoms with van der Waals surface area (Å²) in [7, 11) is 3.37. The number of hydrogen-bond donors (Lipinski definition) is 4. The fourth-order valence-electron chi connectivity index (χ4n) is 8.14. The van der Waals surface area contributed by atoms with Crippen LogP contribution in [-0.2, 0) is 50.5 Å². The average Bonchev–Trinajstić information content (AvgIpc) is 3.60. The standard InChI is InChI=1S/C46H54Cl2F3N7O7/c1-29(52-24-32-8-13-35(48)21-39(32)65-36-14-9-31(10-15-36)38-25-53-40(56(38)2)26-57-17-5-18-57)42(61)54-37(27-64-3)43(62)55-45(22-30-6-11-34(47)12-7-30)16-4-19-58(28-45)44(63)33(20-41(59)60)23-46(49,50)51/h6-15,21,25,29,33,37,52H,4-5,16-20,22-24,26-28H2,1-3H3,(H,54,61)(H,55,62)(H,59,60)/t29-,33-,37-,45+/m0/s1. The lowest BCUT2D eigenvalue weighted by Gasteiger charge is -2.45. The number of aliphatic carboxylic acids is 1. The maximum atomic E-state index is 14.1. The number of hydrogen-bond acceptors (Lipinski definition) is 9. The van der Waals surface area contributed by atoms with Crippen LogP contribution in [0.3, 0.4) is 0 Å². The van der Waals surface area contributed by atoms with Crippen LogP contribution in [0.2, 0.25) is 10.0 Å². The molecule has 0 radical (unpaired) electrons. The molecule has 3 heterocycles. The second kappa shape index (κ2) is 21.9. The lowest BCUT2D eigenvalue weighted by atomic mass is 9.82. The number of carbonyl (C=O) groups excluding carboxylic acids is 3. The number of amides is 3. The van der Waals surface area contributed by atoms with Gasteiger partial charge in [-0.1, -0.05) is 41.4 Å². The van der Waals surface area contributed by atoms with Crippen molar-refractivity contribution in [2.75, 3.05) is 39.9 Å². The van der Waals surface area contributed by atoms with Crippen molar-refractivity contribution in [1.29, 1.82) is 0 Å². The van der Waals surface area contributed by atoms with Crippen molar-refractivity contribution in [2.24, 2.45) is 13.0 Å². The number of methoxy groups -OCH3 is 1. The Morgan fingerprint density at radius 2 is 1.66 bits per heavy atom. The molecule has 3 amide bonds. The average molecular weight is 945 g/mol. The first-order valence-corrected chi connectivity index (χ1v) is 22.1. The van der Waals surface area contributed by atoms with E-state index in [1.54, 1.807) is 49.4 Å². The van der Waals surface area contributed by atoms with Crippen LogP contribution < -0.4 is 20.7 Å². The highest BCUT2D eigenvalue weighted by molar-refractivity contribution is 6.31. The number of rotatable bonds is 20. The molecule has 19 heteroatoms. The number of ether oxygens (including phenoxy) is 2. The van der Waals surface area contributed by atoms with Crippen LogP contribution in [0.1, 0.15) is 56.0 Å². The van der Waals surface area contributed by atoms with Gasteiger partial charge in [0.15, 0.2) is 0 Å². The van der Waals surface area contributed by atoms with Gasteiger partial charge in [-0.2, -0.15) is 13.2 Å². The number of benzene rings is 3. The van der Waals surface area contributed by atoms with Crippen molar-refractivity contribution in [3.05, 3.63) is 99.9 Å². The van der Waals surface area contributed by atoms with E-state index in [0.29, 0.717) is 45.5 Å². The SMILES string of the molecule is COC[C@H](NC(=O)[C@H](C)NCc1ccc(Cl)cc1Oc1ccc(-c2cnc(CN3CCC3)n2C)cc1)C(=O)N[C@@]1(Cc2ccc(Cl)cc2)CCCN(C(=O)[C@@H](CC(=O)O)CC(F)(F)F)C1. The number of carboxylic acids is 1. The predicted molar refractivity (Wildman–Crippen MR) is 238 cm³/mol. The van der Waals surface area contributed by atoms with Gasteiger partial charge in [0, 0.05) is 55.0 Å². The lowest BCUT2D eigenvalue weighted by Crippen LogP contribution is -2.65. The number of imidazole rings is 1. The number of alkyl halides is 3. The molecule has 4 atom stereocenters. The van der Waals surface area contributed by atoms with E-state index in [-0.39, 0.29) is 32.7 Å². The fraction of sp³-hybridized carbons (Fsp3) is 0.457. The fourth-order valence-corrected chi connectivity index (χ4v) is 8.43. The summed E-state index contributed by atoms with van der Waals surface area (Å²) in [6.45, 7) is 4.40. The number of likely N-dealkylation sites (tertiary alicyclic amines) is 2. The van der Waals surface area contributed by atoms with Crippen molar-refractivity contribution < 1.29 is 46.9 Å². The third-order valence-electron chi connectivity index (χ3n) is 11.7. The van der Waals surface area contributed by atoms with Crippen molar-refractivity contribution in [3.63, 3.8) is 0 Å². The molecular formula is C46H54Cl2F3N7O7. The molecule has 2 aliphatic rings. The number of aromatic nitrogens is 2. The minimum absolute atomic E-state index is 0.0605. The predicted octanol–water partition coefficient (Wildman–Crippen LogP) is 6.76. The Bertz CT molecular complexity index is 2290. The summed E-state index contributed by atoms with van der Waals surface area (Å²) in [5, 5.41) is 19.2. The van der Waals surface area contributed by atoms with Gasteiger partial charge < -0.3 is 40.0 Å². The van der Waals surface area contributed by atoms with Crippen LogP contribution in [-0.4, -0.2) is 112 Å². The van der Waals surface area contributed by atoms with E-state index in [9.17, 15) is 37.5 Å². The van der Waals surface area contributed by atoms with E-state index in [1.165, 1.54) is 18.4 Å². The van der Waals surface area contributed by atoms with Crippen LogP contribution >= 0.6 is 23.2 Å². The summed E-state index contributed by atoms with van der Waals surface area (Å²) in [6.07, 6.45) is -3.56. The molecule has 2 aliphatic heterocycles. The minimum Gasteiger partial charge on any atom is -0.481 e. The largest absolute Gasteiger partial charge is 0.481 e. The molecule has 14 nitrogen and oxygen atoms in total. The van der Waals surface area contributed by atoms with Crippen molar-refractivity contribution in [1.82, 2.24) is 35.3 Å². The smallest absolute Gasteiger partial charge is 0.389 e. The molecule has 1 aromatic heterocycles. The van der Waals surface area contributed by atoms with E-state index >= 15 is 0 Å². The molecule has 6 rings (SSSR count). The number of carboxylic acid groups (broad SMARTS) is 1. The molecule has 0 unspecified atom stereocenters. The Balaban J connectivity index is 1.11. The van der Waals surface area contributed by atoms with Gasteiger partial charge in [0.1, 0.15) is 23.4 Å². The first-order valence-electron chi connectivity index (χ1n) is 21.4. The van der Waals surface area contributed by atoms with Crippen LogP contribution in [0.25, 0.3) is 11.3 Å². The lowest BCUT2D eigenvalue weighted by molar-refractivity contribution is -0.164. The van der Waals surface area contributed by atoms with Crippen molar-refractivity contribution in [2.45, 2.75) is 82.3 Å². The first-order chi connectivity index (χ1) is 30.9. The molecule has 3 aromatic carbocycles. The first kappa shape index (κ1) is 49.2. The van der Waals surface area contributed by atoms with E-state index in [4.69, 9.17) is 32.7 Å². The normalized spacial score (nSPS) is 18.0. The van der Waals surface area contributed by atoms with Gasteiger partial charge in [-0.3, -0.25) is 24.1 Å². The topological polar surface area (TPSA) is 167 Å². The van der Waals surface area contributed by atoms with Crippen LogP contribution in [0.15, 0.2) is 72.9 Å². The van der Waals surface area contributed by atoms with E-state index in [0.717, 1.165) is 36.7 Å². The Hall–Kier alpha value is -5.20. The third kappa shape index (κ3) is 13.7. The van der Waals surface area contributed by atoms with E-state index in [2.05, 4.69) is 30.4 Å². The van der Waals surface area contributed by atoms with Gasteiger partial charge >= 0.3 is 12.1 Å². The summed E-state index contributed by atoms with van der Waals surface area (Å²) in [4.78, 5) is 61.1. The molecule has 2 fully saturated rings. The highest BCUT2D eigenvalue weighted by atomic mass is 35.5. The summed E-state index contributed by atoms with van der Waals surface area (Å²) >= 11 is 12.5. The molecule has 0 spiro atoms. The van der Waals surface area contributed by atoms with Gasteiger partial charge in [-0.05, 0) is 99.8 Å². The second-order valence-corrected chi connectivity index (χ2v) is 17.7. The summed E-state index contributed by atoms with van der Waals surface area (Å²) in [5.74, 6) is -3.51. The summed E-state index contributed by atoms with van der Waals surface area (Å²) in [6, 6.07) is 17.5. The van der Waals surface area contributed by atoms with E-state index < -0.39 is 66.2 Å². The number of piperidine rings is 1. The van der Waals surface area contributed by atoms with Gasteiger partial charge in [0.25, 0.3) is 0 Å². The zero-order chi connectivity index (χ0) is 46.9. The van der Waals surface area contributed by atoms with Gasteiger partial charge in [-0.15, -0.1) is 0 Å². The molecule has 65 heavy (non-hydrogen) atoms. The van der Waals surface area contributed by atoms with Crippen LogP contribution in [0, 0.1) is 5.92 Å². The van der Waals surface area contributed by atoms with Crippen LogP contribution in [0.5, 0.6) is 11.5 Å². The number of nitrogens with zero attached hydrogens (tertiary/aromatic N) is 4.